The first-order valence-corrected chi connectivity index (χ1v) is 4.93. The molecule has 0 aliphatic carbocycles. The molecule has 0 saturated carbocycles. The summed E-state index contributed by atoms with van der Waals surface area (Å²) in [5, 5.41) is 9.23. The van der Waals surface area contributed by atoms with E-state index < -0.39 is 12.1 Å². The van der Waals surface area contributed by atoms with E-state index in [0.29, 0.717) is 0 Å². The number of ether oxygens (including phenoxy) is 1. The third kappa shape index (κ3) is 3.66. The maximum absolute atomic E-state index is 11.4. The number of nitrogens with zero attached hydrogens (tertiary/aromatic N) is 1. The summed E-state index contributed by atoms with van der Waals surface area (Å²) in [6, 6.07) is 2.92. The second-order valence-electron chi connectivity index (χ2n) is 2.91. The van der Waals surface area contributed by atoms with Gasteiger partial charge in [0.1, 0.15) is 11.8 Å². The van der Waals surface area contributed by atoms with Crippen molar-refractivity contribution in [2.75, 3.05) is 6.61 Å². The molecular weight excluding hydrogens is 241 g/mol. The average molecular weight is 250 g/mol. The lowest BCUT2D eigenvalue weighted by Crippen LogP contribution is -2.16. The van der Waals surface area contributed by atoms with Crippen LogP contribution in [0.3, 0.4) is 0 Å². The Morgan fingerprint density at radius 1 is 1.60 bits per heavy atom. The number of aliphatic hydroxyl groups is 1. The molecule has 0 spiro atoms. The van der Waals surface area contributed by atoms with Gasteiger partial charge in [0.05, 0.1) is 11.1 Å². The summed E-state index contributed by atoms with van der Waals surface area (Å²) in [4.78, 5) is 15.1. The van der Waals surface area contributed by atoms with Gasteiger partial charge in [0.2, 0.25) is 0 Å². The van der Waals surface area contributed by atoms with Crippen molar-refractivity contribution in [3.63, 3.8) is 0 Å². The van der Waals surface area contributed by atoms with Gasteiger partial charge >= 0.3 is 5.97 Å². The smallest absolute Gasteiger partial charge is 0.358 e. The van der Waals surface area contributed by atoms with Crippen molar-refractivity contribution in [3.05, 3.63) is 28.0 Å². The molecule has 1 aromatic rings. The minimum Gasteiger partial charge on any atom is -0.458 e. The molecule has 0 bridgehead atoms. The highest BCUT2D eigenvalue weighted by atomic mass is 35.5. The van der Waals surface area contributed by atoms with Crippen LogP contribution in [0.4, 0.5) is 0 Å². The number of pyridine rings is 1. The molecule has 1 heterocycles. The van der Waals surface area contributed by atoms with Crippen LogP contribution in [0.1, 0.15) is 17.4 Å². The average Bonchev–Trinajstić information content (AvgIpc) is 2.18. The fourth-order valence-corrected chi connectivity index (χ4v) is 1.16. The van der Waals surface area contributed by atoms with Gasteiger partial charge in [0.15, 0.2) is 5.69 Å². The standard InChI is InChI=1S/C9H9Cl2NO3/c1-5(13)4-15-9(14)8-6(10)2-3-7(11)12-8/h2-3,5,13H,4H2,1H3. The fraction of sp³-hybridized carbons (Fsp3) is 0.333. The van der Waals surface area contributed by atoms with E-state index in [1.165, 1.54) is 19.1 Å². The highest BCUT2D eigenvalue weighted by Gasteiger charge is 2.15. The molecule has 0 amide bonds. The van der Waals surface area contributed by atoms with Gasteiger partial charge in [0.25, 0.3) is 0 Å². The molecule has 1 unspecified atom stereocenters. The second kappa shape index (κ2) is 5.30. The lowest BCUT2D eigenvalue weighted by Gasteiger charge is -2.07. The number of esters is 1. The van der Waals surface area contributed by atoms with E-state index in [1.807, 2.05) is 0 Å². The molecule has 1 aromatic heterocycles. The first-order chi connectivity index (χ1) is 7.00. The van der Waals surface area contributed by atoms with Crippen molar-refractivity contribution in [1.82, 2.24) is 4.98 Å². The van der Waals surface area contributed by atoms with Crippen LogP contribution in [0.25, 0.3) is 0 Å². The first-order valence-electron chi connectivity index (χ1n) is 4.18. The topological polar surface area (TPSA) is 59.4 Å². The summed E-state index contributed by atoms with van der Waals surface area (Å²) in [5.74, 6) is -0.705. The van der Waals surface area contributed by atoms with Crippen molar-refractivity contribution in [2.45, 2.75) is 13.0 Å². The zero-order chi connectivity index (χ0) is 11.4. The van der Waals surface area contributed by atoms with Gasteiger partial charge in [-0.25, -0.2) is 9.78 Å². The number of halogens is 2. The molecule has 4 nitrogen and oxygen atoms in total. The predicted octanol–water partition coefficient (Wildman–Crippen LogP) is 1.93. The molecule has 0 aliphatic heterocycles. The van der Waals surface area contributed by atoms with Crippen molar-refractivity contribution in [3.8, 4) is 0 Å². The zero-order valence-corrected chi connectivity index (χ0v) is 9.42. The second-order valence-corrected chi connectivity index (χ2v) is 3.71. The Labute approximate surface area is 96.8 Å². The molecule has 0 fully saturated rings. The van der Waals surface area contributed by atoms with Crippen LogP contribution in [0.5, 0.6) is 0 Å². The van der Waals surface area contributed by atoms with Crippen LogP contribution < -0.4 is 0 Å². The molecule has 0 saturated heterocycles. The van der Waals surface area contributed by atoms with Crippen LogP contribution in [-0.2, 0) is 4.74 Å². The third-order valence-corrected chi connectivity index (χ3v) is 1.98. The maximum atomic E-state index is 11.4. The largest absolute Gasteiger partial charge is 0.458 e. The Morgan fingerprint density at radius 3 is 2.87 bits per heavy atom. The molecule has 1 rings (SSSR count). The number of aliphatic hydroxyl groups excluding tert-OH is 1. The first kappa shape index (κ1) is 12.2. The molecule has 1 atom stereocenters. The van der Waals surface area contributed by atoms with Crippen molar-refractivity contribution in [2.24, 2.45) is 0 Å². The molecule has 1 N–H and O–H groups in total. The van der Waals surface area contributed by atoms with Gasteiger partial charge in [-0.3, -0.25) is 0 Å². The molecule has 0 aliphatic rings. The predicted molar refractivity (Wildman–Crippen MR) is 56.2 cm³/mol. The highest BCUT2D eigenvalue weighted by Crippen LogP contribution is 2.17. The number of rotatable bonds is 3. The summed E-state index contributed by atoms with van der Waals surface area (Å²) < 4.78 is 4.73. The van der Waals surface area contributed by atoms with Crippen molar-refractivity contribution < 1.29 is 14.6 Å². The van der Waals surface area contributed by atoms with E-state index in [-0.39, 0.29) is 22.5 Å². The van der Waals surface area contributed by atoms with Crippen LogP contribution in [-0.4, -0.2) is 28.8 Å². The number of aromatic nitrogens is 1. The molecule has 15 heavy (non-hydrogen) atoms. The minimum absolute atomic E-state index is 0.0511. The molecule has 6 heteroatoms. The lowest BCUT2D eigenvalue weighted by atomic mass is 10.3. The lowest BCUT2D eigenvalue weighted by molar-refractivity contribution is 0.0290. The van der Waals surface area contributed by atoms with E-state index in [4.69, 9.17) is 33.0 Å². The summed E-state index contributed by atoms with van der Waals surface area (Å²) in [6.07, 6.45) is -0.730. The summed E-state index contributed by atoms with van der Waals surface area (Å²) >= 11 is 11.3. The Morgan fingerprint density at radius 2 is 2.27 bits per heavy atom. The van der Waals surface area contributed by atoms with Crippen LogP contribution in [0, 0.1) is 0 Å². The minimum atomic E-state index is -0.730. The summed E-state index contributed by atoms with van der Waals surface area (Å²) in [5.41, 5.74) is -0.0511. The van der Waals surface area contributed by atoms with Gasteiger partial charge in [-0.1, -0.05) is 23.2 Å². The third-order valence-electron chi connectivity index (χ3n) is 1.46. The van der Waals surface area contributed by atoms with Gasteiger partial charge in [-0.15, -0.1) is 0 Å². The van der Waals surface area contributed by atoms with Gasteiger partial charge in [0, 0.05) is 0 Å². The van der Waals surface area contributed by atoms with E-state index in [9.17, 15) is 4.79 Å². The Balaban J connectivity index is 2.77. The van der Waals surface area contributed by atoms with Crippen LogP contribution >= 0.6 is 23.2 Å². The fourth-order valence-electron chi connectivity index (χ4n) is 0.826. The van der Waals surface area contributed by atoms with E-state index in [0.717, 1.165) is 0 Å². The highest BCUT2D eigenvalue weighted by molar-refractivity contribution is 6.34. The summed E-state index contributed by atoms with van der Waals surface area (Å²) in [6.45, 7) is 1.39. The molecule has 82 valence electrons. The number of hydrogen-bond donors (Lipinski definition) is 1. The van der Waals surface area contributed by atoms with Crippen molar-refractivity contribution in [1.29, 1.82) is 0 Å². The SMILES string of the molecule is CC(O)COC(=O)c1nc(Cl)ccc1Cl. The monoisotopic (exact) mass is 249 g/mol. The van der Waals surface area contributed by atoms with Crippen molar-refractivity contribution >= 4 is 29.2 Å². The molecular formula is C9H9Cl2NO3. The van der Waals surface area contributed by atoms with Gasteiger partial charge in [-0.2, -0.15) is 0 Å². The zero-order valence-electron chi connectivity index (χ0n) is 7.91. The van der Waals surface area contributed by atoms with Crippen LogP contribution in [0.2, 0.25) is 10.2 Å². The van der Waals surface area contributed by atoms with Gasteiger partial charge in [-0.05, 0) is 19.1 Å². The Kier molecular flexibility index (Phi) is 4.32. The molecule has 0 radical (unpaired) electrons. The molecule has 0 aromatic carbocycles. The Hall–Kier alpha value is -0.840. The number of hydrogen-bond acceptors (Lipinski definition) is 4. The normalized spacial score (nSPS) is 12.3. The van der Waals surface area contributed by atoms with Gasteiger partial charge < -0.3 is 9.84 Å². The Bertz CT molecular complexity index is 368. The van der Waals surface area contributed by atoms with Crippen LogP contribution in [0.15, 0.2) is 12.1 Å². The quantitative estimate of drug-likeness (QED) is 0.657. The number of carbonyl (C=O) groups is 1. The van der Waals surface area contributed by atoms with E-state index in [1.54, 1.807) is 0 Å². The number of carbonyl (C=O) groups excluding carboxylic acids is 1. The maximum Gasteiger partial charge on any atom is 0.358 e. The van der Waals surface area contributed by atoms with E-state index in [2.05, 4.69) is 4.98 Å². The van der Waals surface area contributed by atoms with E-state index >= 15 is 0 Å². The summed E-state index contributed by atoms with van der Waals surface area (Å²) in [7, 11) is 0.